The average Bonchev–Trinajstić information content (AvgIpc) is 3.17. The van der Waals surface area contributed by atoms with E-state index >= 15 is 0 Å². The number of methoxy groups -OCH3 is 1. The molecule has 0 bridgehead atoms. The van der Waals surface area contributed by atoms with Crippen molar-refractivity contribution in [3.63, 3.8) is 0 Å². The maximum atomic E-state index is 12.6. The van der Waals surface area contributed by atoms with Crippen molar-refractivity contribution in [3.05, 3.63) is 29.8 Å². The van der Waals surface area contributed by atoms with Crippen molar-refractivity contribution in [2.45, 2.75) is 31.9 Å². The Labute approximate surface area is 146 Å². The molecule has 2 N–H and O–H groups in total. The van der Waals surface area contributed by atoms with Crippen LogP contribution in [-0.4, -0.2) is 53.6 Å². The fourth-order valence-electron chi connectivity index (χ4n) is 3.21. The number of carboxylic acids is 1. The molecule has 1 heterocycles. The fourth-order valence-corrected chi connectivity index (χ4v) is 3.21. The van der Waals surface area contributed by atoms with E-state index in [0.717, 1.165) is 6.42 Å². The topological polar surface area (TPSA) is 95.9 Å². The first-order chi connectivity index (χ1) is 11.9. The van der Waals surface area contributed by atoms with Crippen molar-refractivity contribution in [1.82, 2.24) is 4.90 Å². The zero-order valence-corrected chi connectivity index (χ0v) is 14.3. The van der Waals surface area contributed by atoms with Gasteiger partial charge in [-0.1, -0.05) is 6.92 Å². The predicted molar refractivity (Wildman–Crippen MR) is 90.2 cm³/mol. The molecule has 2 aliphatic rings. The number of aliphatic carboxylic acids is 1. The number of carboxylic acid groups (broad SMARTS) is 1. The van der Waals surface area contributed by atoms with Gasteiger partial charge in [-0.25, -0.2) is 4.79 Å². The van der Waals surface area contributed by atoms with Gasteiger partial charge in [0.05, 0.1) is 6.10 Å². The van der Waals surface area contributed by atoms with Gasteiger partial charge >= 0.3 is 5.97 Å². The standard InChI is InChI=1S/C18H22N2O5/c1-10-7-14(10)16(21)19-12-5-3-11(4-6-12)17(22)20-9-13(25-2)8-15(20)18(23)24/h3-6,10,13-15H,7-9H2,1-2H3,(H,19,21)(H,23,24). The van der Waals surface area contributed by atoms with E-state index in [4.69, 9.17) is 4.74 Å². The Hall–Kier alpha value is -2.41. The number of nitrogens with one attached hydrogen (secondary N) is 1. The molecule has 1 aliphatic heterocycles. The van der Waals surface area contributed by atoms with Crippen LogP contribution >= 0.6 is 0 Å². The average molecular weight is 346 g/mol. The summed E-state index contributed by atoms with van der Waals surface area (Å²) in [5.41, 5.74) is 1.02. The Morgan fingerprint density at radius 1 is 1.20 bits per heavy atom. The Balaban J connectivity index is 1.67. The number of ether oxygens (including phenoxy) is 1. The van der Waals surface area contributed by atoms with Crippen LogP contribution in [0.25, 0.3) is 0 Å². The molecule has 1 aromatic carbocycles. The van der Waals surface area contributed by atoms with Gasteiger partial charge in [0.15, 0.2) is 0 Å². The van der Waals surface area contributed by atoms with Gasteiger partial charge in [-0.2, -0.15) is 0 Å². The van der Waals surface area contributed by atoms with Crippen molar-refractivity contribution >= 4 is 23.5 Å². The molecule has 7 heteroatoms. The minimum Gasteiger partial charge on any atom is -0.480 e. The SMILES string of the molecule is COC1CC(C(=O)O)N(C(=O)c2ccc(NC(=O)C3CC3C)cc2)C1. The van der Waals surface area contributed by atoms with Gasteiger partial charge < -0.3 is 20.1 Å². The van der Waals surface area contributed by atoms with Gasteiger partial charge in [-0.15, -0.1) is 0 Å². The minimum atomic E-state index is -1.03. The molecule has 1 aromatic rings. The monoisotopic (exact) mass is 346 g/mol. The number of hydrogen-bond acceptors (Lipinski definition) is 4. The maximum absolute atomic E-state index is 12.6. The van der Waals surface area contributed by atoms with E-state index in [1.165, 1.54) is 12.0 Å². The van der Waals surface area contributed by atoms with E-state index in [9.17, 15) is 19.5 Å². The number of nitrogens with zero attached hydrogens (tertiary/aromatic N) is 1. The lowest BCUT2D eigenvalue weighted by molar-refractivity contribution is -0.141. The first-order valence-electron chi connectivity index (χ1n) is 8.38. The number of amides is 2. The molecule has 1 aliphatic carbocycles. The zero-order chi connectivity index (χ0) is 18.1. The molecule has 25 heavy (non-hydrogen) atoms. The number of benzene rings is 1. The summed E-state index contributed by atoms with van der Waals surface area (Å²) in [6, 6.07) is 5.66. The summed E-state index contributed by atoms with van der Waals surface area (Å²) in [4.78, 5) is 37.3. The van der Waals surface area contributed by atoms with Crippen LogP contribution in [0, 0.1) is 11.8 Å². The second-order valence-electron chi connectivity index (χ2n) is 6.79. The highest BCUT2D eigenvalue weighted by Gasteiger charge is 2.40. The predicted octanol–water partition coefficient (Wildman–Crippen LogP) is 1.60. The van der Waals surface area contributed by atoms with E-state index in [-0.39, 0.29) is 36.8 Å². The van der Waals surface area contributed by atoms with Gasteiger partial charge in [0.1, 0.15) is 6.04 Å². The van der Waals surface area contributed by atoms with Gasteiger partial charge in [-0.3, -0.25) is 9.59 Å². The van der Waals surface area contributed by atoms with Gasteiger partial charge in [0.25, 0.3) is 5.91 Å². The summed E-state index contributed by atoms with van der Waals surface area (Å²) in [5.74, 6) is -0.873. The lowest BCUT2D eigenvalue weighted by Gasteiger charge is -2.21. The Morgan fingerprint density at radius 2 is 1.84 bits per heavy atom. The Bertz CT molecular complexity index is 687. The Kier molecular flexibility index (Phi) is 4.76. The molecular formula is C18H22N2O5. The van der Waals surface area contributed by atoms with E-state index < -0.39 is 12.0 Å². The van der Waals surface area contributed by atoms with Crippen LogP contribution in [0.5, 0.6) is 0 Å². The van der Waals surface area contributed by atoms with E-state index in [1.807, 2.05) is 6.92 Å². The number of hydrogen-bond donors (Lipinski definition) is 2. The molecule has 1 saturated carbocycles. The smallest absolute Gasteiger partial charge is 0.326 e. The summed E-state index contributed by atoms with van der Waals surface area (Å²) in [5, 5.41) is 12.2. The maximum Gasteiger partial charge on any atom is 0.326 e. The van der Waals surface area contributed by atoms with Gasteiger partial charge in [-0.05, 0) is 36.6 Å². The third-order valence-corrected chi connectivity index (χ3v) is 4.99. The van der Waals surface area contributed by atoms with E-state index in [0.29, 0.717) is 17.2 Å². The molecule has 0 aromatic heterocycles. The second-order valence-corrected chi connectivity index (χ2v) is 6.79. The molecule has 1 saturated heterocycles. The molecule has 0 radical (unpaired) electrons. The summed E-state index contributed by atoms with van der Waals surface area (Å²) >= 11 is 0. The summed E-state index contributed by atoms with van der Waals surface area (Å²) in [6.45, 7) is 2.29. The van der Waals surface area contributed by atoms with Crippen molar-refractivity contribution in [2.75, 3.05) is 19.0 Å². The van der Waals surface area contributed by atoms with Crippen LogP contribution in [-0.2, 0) is 14.3 Å². The number of anilines is 1. The second kappa shape index (κ2) is 6.84. The third kappa shape index (κ3) is 3.66. The lowest BCUT2D eigenvalue weighted by atomic mass is 10.1. The highest BCUT2D eigenvalue weighted by molar-refractivity contribution is 5.98. The van der Waals surface area contributed by atoms with Crippen molar-refractivity contribution in [1.29, 1.82) is 0 Å². The first-order valence-corrected chi connectivity index (χ1v) is 8.38. The molecule has 0 spiro atoms. The van der Waals surface area contributed by atoms with Crippen LogP contribution < -0.4 is 5.32 Å². The number of rotatable bonds is 5. The Morgan fingerprint density at radius 3 is 2.36 bits per heavy atom. The van der Waals surface area contributed by atoms with Crippen LogP contribution in [0.2, 0.25) is 0 Å². The highest BCUT2D eigenvalue weighted by atomic mass is 16.5. The number of carbonyl (C=O) groups is 3. The normalized spacial score (nSPS) is 27.8. The van der Waals surface area contributed by atoms with Crippen molar-refractivity contribution in [3.8, 4) is 0 Å². The third-order valence-electron chi connectivity index (χ3n) is 4.99. The van der Waals surface area contributed by atoms with Crippen LogP contribution in [0.15, 0.2) is 24.3 Å². The molecule has 2 amide bonds. The molecule has 134 valence electrons. The first kappa shape index (κ1) is 17.4. The fraction of sp³-hybridized carbons (Fsp3) is 0.500. The molecule has 4 atom stereocenters. The van der Waals surface area contributed by atoms with Crippen LogP contribution in [0.1, 0.15) is 30.1 Å². The summed E-state index contributed by atoms with van der Waals surface area (Å²) in [7, 11) is 1.51. The van der Waals surface area contributed by atoms with E-state index in [1.54, 1.807) is 24.3 Å². The minimum absolute atomic E-state index is 0.00000274. The number of carbonyl (C=O) groups excluding carboxylic acids is 2. The summed E-state index contributed by atoms with van der Waals surface area (Å²) in [6.07, 6.45) is 0.920. The van der Waals surface area contributed by atoms with Crippen molar-refractivity contribution in [2.24, 2.45) is 11.8 Å². The van der Waals surface area contributed by atoms with Crippen LogP contribution in [0.4, 0.5) is 5.69 Å². The van der Waals surface area contributed by atoms with Gasteiger partial charge in [0, 0.05) is 37.2 Å². The van der Waals surface area contributed by atoms with E-state index in [2.05, 4.69) is 5.32 Å². The quantitative estimate of drug-likeness (QED) is 0.844. The summed E-state index contributed by atoms with van der Waals surface area (Å²) < 4.78 is 5.20. The molecular weight excluding hydrogens is 324 g/mol. The molecule has 7 nitrogen and oxygen atoms in total. The molecule has 4 unspecified atom stereocenters. The van der Waals surface area contributed by atoms with Crippen LogP contribution in [0.3, 0.4) is 0 Å². The van der Waals surface area contributed by atoms with Gasteiger partial charge in [0.2, 0.25) is 5.91 Å². The molecule has 3 rings (SSSR count). The number of likely N-dealkylation sites (tertiary alicyclic amines) is 1. The zero-order valence-electron chi connectivity index (χ0n) is 14.3. The molecule has 2 fully saturated rings. The van der Waals surface area contributed by atoms with Crippen molar-refractivity contribution < 1.29 is 24.2 Å². The largest absolute Gasteiger partial charge is 0.480 e. The lowest BCUT2D eigenvalue weighted by Crippen LogP contribution is -2.40. The highest BCUT2D eigenvalue weighted by Crippen LogP contribution is 2.38.